The second-order valence-corrected chi connectivity index (χ2v) is 6.62. The molecule has 1 aliphatic rings. The number of carbonyl (C=O) groups is 1. The zero-order valence-corrected chi connectivity index (χ0v) is 14.8. The molecule has 1 aromatic heterocycles. The van der Waals surface area contributed by atoms with Gasteiger partial charge in [0.1, 0.15) is 5.52 Å². The molecule has 0 bridgehead atoms. The molecule has 0 saturated carbocycles. The fourth-order valence-electron chi connectivity index (χ4n) is 3.25. The minimum Gasteiger partial charge on any atom is -0.333 e. The fraction of sp³-hybridized carbons (Fsp3) is 0.300. The molecule has 0 radical (unpaired) electrons. The minimum atomic E-state index is -0.140. The van der Waals surface area contributed by atoms with Gasteiger partial charge < -0.3 is 4.90 Å². The highest BCUT2D eigenvalue weighted by Crippen LogP contribution is 2.14. The van der Waals surface area contributed by atoms with Crippen molar-refractivity contribution in [2.75, 3.05) is 26.2 Å². The van der Waals surface area contributed by atoms with Crippen LogP contribution >= 0.6 is 0 Å². The number of para-hydroxylation sites is 1. The molecule has 1 fully saturated rings. The molecular weight excluding hydrogens is 326 g/mol. The molecule has 2 aromatic carbocycles. The van der Waals surface area contributed by atoms with Crippen LogP contribution in [0, 0.1) is 6.92 Å². The molecule has 4 rings (SSSR count). The monoisotopic (exact) mass is 347 g/mol. The second kappa shape index (κ2) is 7.17. The van der Waals surface area contributed by atoms with Gasteiger partial charge >= 0.3 is 0 Å². The molecule has 2 heterocycles. The topological polar surface area (TPSA) is 62.2 Å². The van der Waals surface area contributed by atoms with Crippen LogP contribution in [0.15, 0.2) is 48.5 Å². The average molecular weight is 347 g/mol. The summed E-state index contributed by atoms with van der Waals surface area (Å²) in [5.41, 5.74) is 4.05. The van der Waals surface area contributed by atoms with Gasteiger partial charge in [-0.2, -0.15) is 0 Å². The van der Waals surface area contributed by atoms with Crippen molar-refractivity contribution in [3.05, 3.63) is 65.5 Å². The molecule has 132 valence electrons. The summed E-state index contributed by atoms with van der Waals surface area (Å²) in [6.07, 6.45) is 0. The predicted molar refractivity (Wildman–Crippen MR) is 99.7 cm³/mol. The standard InChI is InChI=1S/C20H21N5O/c1-15-6-2-3-7-16(15)14-24-10-12-25(13-11-24)20(26)19-21-17-8-4-5-9-18(17)22-23-19/h2-9H,10-14H2,1H3. The summed E-state index contributed by atoms with van der Waals surface area (Å²) in [7, 11) is 0. The van der Waals surface area contributed by atoms with Gasteiger partial charge in [0, 0.05) is 32.7 Å². The van der Waals surface area contributed by atoms with Crippen molar-refractivity contribution in [1.82, 2.24) is 25.0 Å². The summed E-state index contributed by atoms with van der Waals surface area (Å²) in [5, 5.41) is 8.12. The zero-order valence-electron chi connectivity index (χ0n) is 14.8. The van der Waals surface area contributed by atoms with Gasteiger partial charge in [-0.25, -0.2) is 4.98 Å². The minimum absolute atomic E-state index is 0.140. The Kier molecular flexibility index (Phi) is 4.58. The predicted octanol–water partition coefficient (Wildman–Crippen LogP) is 2.29. The summed E-state index contributed by atoms with van der Waals surface area (Å²) < 4.78 is 0. The lowest BCUT2D eigenvalue weighted by molar-refractivity contribution is 0.0615. The van der Waals surface area contributed by atoms with E-state index in [9.17, 15) is 4.79 Å². The first-order valence-corrected chi connectivity index (χ1v) is 8.86. The Hall–Kier alpha value is -2.86. The van der Waals surface area contributed by atoms with Crippen LogP contribution in [0.2, 0.25) is 0 Å². The highest BCUT2D eigenvalue weighted by atomic mass is 16.2. The van der Waals surface area contributed by atoms with Crippen LogP contribution in [0.5, 0.6) is 0 Å². The number of amides is 1. The first-order chi connectivity index (χ1) is 12.7. The van der Waals surface area contributed by atoms with Crippen LogP contribution in [-0.2, 0) is 6.54 Å². The second-order valence-electron chi connectivity index (χ2n) is 6.62. The first-order valence-electron chi connectivity index (χ1n) is 8.86. The number of rotatable bonds is 3. The molecule has 0 N–H and O–H groups in total. The maximum Gasteiger partial charge on any atom is 0.293 e. The molecule has 3 aromatic rings. The van der Waals surface area contributed by atoms with Gasteiger partial charge in [-0.05, 0) is 30.2 Å². The van der Waals surface area contributed by atoms with E-state index in [4.69, 9.17) is 0 Å². The summed E-state index contributed by atoms with van der Waals surface area (Å²) in [6, 6.07) is 15.9. The molecule has 0 unspecified atom stereocenters. The number of aryl methyl sites for hydroxylation is 1. The number of aromatic nitrogens is 3. The van der Waals surface area contributed by atoms with Gasteiger partial charge in [0.15, 0.2) is 0 Å². The Labute approximate surface area is 152 Å². The largest absolute Gasteiger partial charge is 0.333 e. The molecule has 0 spiro atoms. The Morgan fingerprint density at radius 3 is 2.38 bits per heavy atom. The quantitative estimate of drug-likeness (QED) is 0.727. The van der Waals surface area contributed by atoms with Crippen LogP contribution in [0.25, 0.3) is 11.0 Å². The lowest BCUT2D eigenvalue weighted by Gasteiger charge is -2.34. The third-order valence-corrected chi connectivity index (χ3v) is 4.87. The van der Waals surface area contributed by atoms with Gasteiger partial charge in [-0.15, -0.1) is 10.2 Å². The Balaban J connectivity index is 1.40. The zero-order chi connectivity index (χ0) is 17.9. The third-order valence-electron chi connectivity index (χ3n) is 4.87. The van der Waals surface area contributed by atoms with Gasteiger partial charge in [-0.3, -0.25) is 9.69 Å². The van der Waals surface area contributed by atoms with Crippen molar-refractivity contribution in [2.24, 2.45) is 0 Å². The highest BCUT2D eigenvalue weighted by molar-refractivity contribution is 5.92. The lowest BCUT2D eigenvalue weighted by atomic mass is 10.1. The molecule has 6 heteroatoms. The summed E-state index contributed by atoms with van der Waals surface area (Å²) in [4.78, 5) is 21.3. The smallest absolute Gasteiger partial charge is 0.293 e. The van der Waals surface area contributed by atoms with E-state index in [0.29, 0.717) is 24.1 Å². The number of carbonyl (C=O) groups excluding carboxylic acids is 1. The number of benzene rings is 2. The molecule has 0 atom stereocenters. The summed E-state index contributed by atoms with van der Waals surface area (Å²) >= 11 is 0. The third kappa shape index (κ3) is 3.41. The average Bonchev–Trinajstić information content (AvgIpc) is 2.69. The SMILES string of the molecule is Cc1ccccc1CN1CCN(C(=O)c2nnc3ccccc3n2)CC1. The Morgan fingerprint density at radius 2 is 1.62 bits per heavy atom. The number of piperazine rings is 1. The van der Waals surface area contributed by atoms with Gasteiger partial charge in [0.05, 0.1) is 5.52 Å². The van der Waals surface area contributed by atoms with Crippen molar-refractivity contribution in [3.63, 3.8) is 0 Å². The van der Waals surface area contributed by atoms with Gasteiger partial charge in [0.2, 0.25) is 5.82 Å². The van der Waals surface area contributed by atoms with Crippen molar-refractivity contribution in [2.45, 2.75) is 13.5 Å². The number of hydrogen-bond acceptors (Lipinski definition) is 5. The number of nitrogens with zero attached hydrogens (tertiary/aromatic N) is 5. The Bertz CT molecular complexity index is 934. The molecule has 26 heavy (non-hydrogen) atoms. The van der Waals surface area contributed by atoms with E-state index in [1.54, 1.807) is 0 Å². The van der Waals surface area contributed by atoms with Crippen molar-refractivity contribution in [1.29, 1.82) is 0 Å². The van der Waals surface area contributed by atoms with Gasteiger partial charge in [-0.1, -0.05) is 36.4 Å². The van der Waals surface area contributed by atoms with E-state index in [1.807, 2.05) is 29.2 Å². The van der Waals surface area contributed by atoms with E-state index in [2.05, 4.69) is 51.3 Å². The summed E-state index contributed by atoms with van der Waals surface area (Å²) in [6.45, 7) is 6.12. The van der Waals surface area contributed by atoms with E-state index in [-0.39, 0.29) is 11.7 Å². The molecule has 1 saturated heterocycles. The molecule has 1 amide bonds. The van der Waals surface area contributed by atoms with Crippen molar-refractivity contribution >= 4 is 16.9 Å². The maximum absolute atomic E-state index is 12.7. The molecule has 6 nitrogen and oxygen atoms in total. The van der Waals surface area contributed by atoms with Gasteiger partial charge in [0.25, 0.3) is 5.91 Å². The summed E-state index contributed by atoms with van der Waals surface area (Å²) in [5.74, 6) is 0.0369. The molecule has 1 aliphatic heterocycles. The van der Waals surface area contributed by atoms with Crippen LogP contribution in [-0.4, -0.2) is 57.1 Å². The van der Waals surface area contributed by atoms with E-state index in [1.165, 1.54) is 11.1 Å². The van der Waals surface area contributed by atoms with Crippen LogP contribution < -0.4 is 0 Å². The number of fused-ring (bicyclic) bond motifs is 1. The highest BCUT2D eigenvalue weighted by Gasteiger charge is 2.24. The van der Waals surface area contributed by atoms with Crippen LogP contribution in [0.1, 0.15) is 21.7 Å². The fourth-order valence-corrected chi connectivity index (χ4v) is 3.25. The lowest BCUT2D eigenvalue weighted by Crippen LogP contribution is -2.48. The molecule has 0 aliphatic carbocycles. The van der Waals surface area contributed by atoms with Crippen molar-refractivity contribution in [3.8, 4) is 0 Å². The van der Waals surface area contributed by atoms with Crippen LogP contribution in [0.3, 0.4) is 0 Å². The normalized spacial score (nSPS) is 15.3. The van der Waals surface area contributed by atoms with E-state index in [0.717, 1.165) is 19.6 Å². The molecular formula is C20H21N5O. The Morgan fingerprint density at radius 1 is 0.923 bits per heavy atom. The number of hydrogen-bond donors (Lipinski definition) is 0. The van der Waals surface area contributed by atoms with Crippen molar-refractivity contribution < 1.29 is 4.79 Å². The van der Waals surface area contributed by atoms with Crippen LogP contribution in [0.4, 0.5) is 0 Å². The first kappa shape index (κ1) is 16.6. The maximum atomic E-state index is 12.7. The van der Waals surface area contributed by atoms with E-state index < -0.39 is 0 Å². The van der Waals surface area contributed by atoms with E-state index >= 15 is 0 Å².